The Kier molecular flexibility index (Phi) is 7.92. The van der Waals surface area contributed by atoms with Crippen LogP contribution in [0.1, 0.15) is 51.3 Å². The summed E-state index contributed by atoms with van der Waals surface area (Å²) in [6.45, 7) is 13.6. The second-order valence-corrected chi connectivity index (χ2v) is 11.9. The standard InChI is InChI=1S/C26H26N2.C11H8N.Ir/c1-25(2,3)18-13-15-19(16-14-18)27-17-28-22-11-7-6-9-20(22)26(4,5)21-10-8-12-23(27)24(21)28;1-2-6-10(7-3-1)11-8-4-5-9-12-11;/h6-10,12-17H,1-5H3;1-6,8-9H;/q-2;-1;+3. The molecule has 3 heterocycles. The van der Waals surface area contributed by atoms with Crippen molar-refractivity contribution in [2.75, 3.05) is 9.80 Å². The molecule has 0 atom stereocenters. The van der Waals surface area contributed by atoms with E-state index in [0.29, 0.717) is 0 Å². The summed E-state index contributed by atoms with van der Waals surface area (Å²) in [4.78, 5) is 8.83. The molecule has 5 aromatic rings. The Morgan fingerprint density at radius 3 is 2.15 bits per heavy atom. The van der Waals surface area contributed by atoms with Gasteiger partial charge in [-0.25, -0.2) is 0 Å². The Hall–Kier alpha value is -3.72. The van der Waals surface area contributed by atoms with Gasteiger partial charge in [0.2, 0.25) is 0 Å². The van der Waals surface area contributed by atoms with Gasteiger partial charge in [-0.2, -0.15) is 24.3 Å². The zero-order valence-corrected chi connectivity index (χ0v) is 26.5. The SMILES string of the molecule is CC(C)(C)c1ccc(N2[CH-]N3c4[c-]cccc4C(C)(C)c4cccc2c43)cc1.[Ir+3].[c-]1ccccc1-c1ccccn1. The fraction of sp³-hybridized carbons (Fsp3) is 0.189. The predicted octanol–water partition coefficient (Wildman–Crippen LogP) is 9.38. The summed E-state index contributed by atoms with van der Waals surface area (Å²) in [5, 5.41) is 0. The van der Waals surface area contributed by atoms with Gasteiger partial charge < -0.3 is 14.8 Å². The summed E-state index contributed by atoms with van der Waals surface area (Å²) in [5.74, 6) is 0. The van der Waals surface area contributed by atoms with Crippen molar-refractivity contribution in [1.82, 2.24) is 4.98 Å². The molecule has 0 radical (unpaired) electrons. The molecule has 3 nitrogen and oxygen atoms in total. The number of rotatable bonds is 2. The molecule has 41 heavy (non-hydrogen) atoms. The minimum atomic E-state index is -0.0467. The number of nitrogens with zero attached hydrogens (tertiary/aromatic N) is 3. The normalized spacial score (nSPS) is 14.3. The van der Waals surface area contributed by atoms with E-state index in [9.17, 15) is 0 Å². The Morgan fingerprint density at radius 2 is 1.46 bits per heavy atom. The van der Waals surface area contributed by atoms with Gasteiger partial charge in [-0.3, -0.25) is 0 Å². The van der Waals surface area contributed by atoms with Gasteiger partial charge in [0.25, 0.3) is 0 Å². The van der Waals surface area contributed by atoms with E-state index in [2.05, 4.69) is 123 Å². The minimum Gasteiger partial charge on any atom is -0.493 e. The quantitative estimate of drug-likeness (QED) is 0.170. The number of anilines is 4. The molecule has 0 bridgehead atoms. The summed E-state index contributed by atoms with van der Waals surface area (Å²) in [5.41, 5.74) is 11.0. The fourth-order valence-corrected chi connectivity index (χ4v) is 5.57. The van der Waals surface area contributed by atoms with Crippen LogP contribution in [0, 0.1) is 18.8 Å². The Labute approximate surface area is 258 Å². The molecule has 0 unspecified atom stereocenters. The van der Waals surface area contributed by atoms with E-state index in [4.69, 9.17) is 0 Å². The summed E-state index contributed by atoms with van der Waals surface area (Å²) < 4.78 is 0. The smallest absolute Gasteiger partial charge is 0.493 e. The van der Waals surface area contributed by atoms with Gasteiger partial charge in [0.1, 0.15) is 0 Å². The number of benzene rings is 4. The number of hydrogen-bond donors (Lipinski definition) is 0. The van der Waals surface area contributed by atoms with Crippen LogP contribution in [0.3, 0.4) is 0 Å². The van der Waals surface area contributed by atoms with Gasteiger partial charge >= 0.3 is 20.1 Å². The van der Waals surface area contributed by atoms with Gasteiger partial charge in [0.05, 0.1) is 0 Å². The molecule has 7 rings (SSSR count). The average molecular weight is 713 g/mol. The molecule has 2 aliphatic rings. The third-order valence-corrected chi connectivity index (χ3v) is 7.83. The van der Waals surface area contributed by atoms with Crippen molar-refractivity contribution in [1.29, 1.82) is 0 Å². The Balaban J connectivity index is 0.000000218. The van der Waals surface area contributed by atoms with E-state index >= 15 is 0 Å². The van der Waals surface area contributed by atoms with E-state index in [0.717, 1.165) is 16.9 Å². The molecule has 0 saturated heterocycles. The molecule has 0 spiro atoms. The second kappa shape index (κ2) is 11.3. The molecule has 0 N–H and O–H groups in total. The molecule has 1 aromatic heterocycles. The number of hydrogen-bond acceptors (Lipinski definition) is 3. The van der Waals surface area contributed by atoms with Gasteiger partial charge in [0.15, 0.2) is 0 Å². The van der Waals surface area contributed by atoms with Crippen molar-refractivity contribution in [2.45, 2.75) is 45.4 Å². The van der Waals surface area contributed by atoms with Crippen LogP contribution in [0.25, 0.3) is 11.3 Å². The zero-order chi connectivity index (χ0) is 27.9. The van der Waals surface area contributed by atoms with Crippen molar-refractivity contribution in [3.63, 3.8) is 0 Å². The zero-order valence-electron chi connectivity index (χ0n) is 24.1. The largest absolute Gasteiger partial charge is 3.00 e. The second-order valence-electron chi connectivity index (χ2n) is 11.9. The van der Waals surface area contributed by atoms with Gasteiger partial charge in [-0.15, -0.1) is 53.8 Å². The first-order valence-corrected chi connectivity index (χ1v) is 13.8. The van der Waals surface area contributed by atoms with E-state index in [1.54, 1.807) is 6.20 Å². The van der Waals surface area contributed by atoms with Crippen molar-refractivity contribution < 1.29 is 20.1 Å². The van der Waals surface area contributed by atoms with E-state index in [1.165, 1.54) is 33.8 Å². The molecule has 4 aromatic carbocycles. The van der Waals surface area contributed by atoms with Crippen LogP contribution in [-0.4, -0.2) is 4.98 Å². The number of pyridine rings is 1. The molecule has 0 fully saturated rings. The monoisotopic (exact) mass is 713 g/mol. The van der Waals surface area contributed by atoms with Crippen LogP contribution in [0.15, 0.2) is 109 Å². The summed E-state index contributed by atoms with van der Waals surface area (Å²) in [6, 6.07) is 42.3. The van der Waals surface area contributed by atoms with Gasteiger partial charge in [0, 0.05) is 23.3 Å². The number of para-hydroxylation sites is 2. The molecule has 0 aliphatic carbocycles. The third-order valence-electron chi connectivity index (χ3n) is 7.83. The summed E-state index contributed by atoms with van der Waals surface area (Å²) in [7, 11) is 0. The van der Waals surface area contributed by atoms with Crippen molar-refractivity contribution in [3.05, 3.63) is 145 Å². The number of aromatic nitrogens is 1. The fourth-order valence-electron chi connectivity index (χ4n) is 5.57. The summed E-state index contributed by atoms with van der Waals surface area (Å²) >= 11 is 0. The van der Waals surface area contributed by atoms with Gasteiger partial charge in [-0.05, 0) is 51.9 Å². The number of fused-ring (bicyclic) bond motifs is 2. The maximum absolute atomic E-state index is 4.22. The van der Waals surface area contributed by atoms with Crippen LogP contribution in [-0.2, 0) is 30.9 Å². The van der Waals surface area contributed by atoms with E-state index in [1.807, 2.05) is 48.5 Å². The first kappa shape index (κ1) is 28.8. The Morgan fingerprint density at radius 1 is 0.732 bits per heavy atom. The Bertz CT molecular complexity index is 1580. The summed E-state index contributed by atoms with van der Waals surface area (Å²) in [6.07, 6.45) is 1.79. The minimum absolute atomic E-state index is 0. The molecule has 4 heteroatoms. The van der Waals surface area contributed by atoms with Crippen LogP contribution in [0.2, 0.25) is 0 Å². The van der Waals surface area contributed by atoms with Crippen LogP contribution in [0.4, 0.5) is 22.7 Å². The predicted molar refractivity (Wildman–Crippen MR) is 166 cm³/mol. The molecule has 2 aliphatic heterocycles. The third kappa shape index (κ3) is 5.35. The first-order chi connectivity index (χ1) is 19.2. The topological polar surface area (TPSA) is 19.4 Å². The maximum Gasteiger partial charge on any atom is 3.00 e. The molecule has 206 valence electrons. The molecule has 0 saturated carbocycles. The van der Waals surface area contributed by atoms with E-state index < -0.39 is 0 Å². The molecular formula is C37H34IrN3. The van der Waals surface area contributed by atoms with Crippen LogP contribution in [0.5, 0.6) is 0 Å². The molecule has 0 amide bonds. The first-order valence-electron chi connectivity index (χ1n) is 13.8. The van der Waals surface area contributed by atoms with Crippen molar-refractivity contribution >= 4 is 22.7 Å². The molecular weight excluding hydrogens is 679 g/mol. The van der Waals surface area contributed by atoms with Crippen molar-refractivity contribution in [3.8, 4) is 11.3 Å². The maximum atomic E-state index is 4.22. The average Bonchev–Trinajstić information content (AvgIpc) is 3.37. The van der Waals surface area contributed by atoms with Crippen LogP contribution >= 0.6 is 0 Å². The van der Waals surface area contributed by atoms with Gasteiger partial charge in [-0.1, -0.05) is 71.0 Å². The van der Waals surface area contributed by atoms with Crippen molar-refractivity contribution in [2.24, 2.45) is 0 Å². The van der Waals surface area contributed by atoms with E-state index in [-0.39, 0.29) is 30.9 Å². The van der Waals surface area contributed by atoms with Crippen LogP contribution < -0.4 is 9.80 Å².